The first kappa shape index (κ1) is 13.4. The van der Waals surface area contributed by atoms with Crippen molar-refractivity contribution < 1.29 is 4.52 Å². The first-order valence-electron chi connectivity index (χ1n) is 5.52. The Kier molecular flexibility index (Phi) is 5.18. The molecule has 1 aliphatic heterocycles. The number of rotatable bonds is 4. The summed E-state index contributed by atoms with van der Waals surface area (Å²) in [5.41, 5.74) is 0. The number of hydrogen-bond donors (Lipinski definition) is 1. The van der Waals surface area contributed by atoms with E-state index in [1.54, 1.807) is 0 Å². The Morgan fingerprint density at radius 1 is 1.56 bits per heavy atom. The molecule has 1 N–H and O–H groups in total. The number of aryl methyl sites for hydroxylation is 1. The van der Waals surface area contributed by atoms with Crippen molar-refractivity contribution in [2.24, 2.45) is 0 Å². The monoisotopic (exact) mass is 246 g/mol. The van der Waals surface area contributed by atoms with Gasteiger partial charge in [0.05, 0.1) is 6.54 Å². The van der Waals surface area contributed by atoms with Crippen LogP contribution in [0.4, 0.5) is 0 Å². The molecular weight excluding hydrogens is 228 g/mol. The first-order valence-corrected chi connectivity index (χ1v) is 5.52. The minimum absolute atomic E-state index is 0. The van der Waals surface area contributed by atoms with E-state index in [0.717, 1.165) is 37.8 Å². The van der Waals surface area contributed by atoms with Gasteiger partial charge in [0.15, 0.2) is 5.82 Å². The number of likely N-dealkylation sites (N-methyl/N-ethyl adjacent to an activating group) is 1. The Labute approximate surface area is 102 Å². The van der Waals surface area contributed by atoms with Gasteiger partial charge in [0.25, 0.3) is 0 Å². The molecule has 1 aromatic rings. The third-order valence-electron chi connectivity index (χ3n) is 2.86. The smallest absolute Gasteiger partial charge is 0.226 e. The van der Waals surface area contributed by atoms with Crippen molar-refractivity contribution >= 4 is 12.4 Å². The van der Waals surface area contributed by atoms with Crippen LogP contribution in [-0.2, 0) is 13.0 Å². The lowest BCUT2D eigenvalue weighted by Crippen LogP contribution is -2.33. The van der Waals surface area contributed by atoms with Gasteiger partial charge in [0, 0.05) is 19.0 Å². The lowest BCUT2D eigenvalue weighted by atomic mass is 10.2. The molecule has 0 aromatic carbocycles. The van der Waals surface area contributed by atoms with Crippen LogP contribution >= 0.6 is 12.4 Å². The molecule has 0 bridgehead atoms. The fraction of sp³-hybridized carbons (Fsp3) is 0.800. The van der Waals surface area contributed by atoms with Crippen LogP contribution in [0.25, 0.3) is 0 Å². The lowest BCUT2D eigenvalue weighted by molar-refractivity contribution is 0.239. The van der Waals surface area contributed by atoms with Crippen LogP contribution in [0.3, 0.4) is 0 Å². The molecule has 1 aromatic heterocycles. The zero-order valence-electron chi connectivity index (χ0n) is 9.77. The van der Waals surface area contributed by atoms with Gasteiger partial charge in [0.1, 0.15) is 0 Å². The molecule has 0 spiro atoms. The molecule has 1 atom stereocenters. The van der Waals surface area contributed by atoms with Crippen LogP contribution in [0.15, 0.2) is 4.52 Å². The summed E-state index contributed by atoms with van der Waals surface area (Å²) in [4.78, 5) is 6.58. The summed E-state index contributed by atoms with van der Waals surface area (Å²) in [5, 5.41) is 7.30. The second-order valence-electron chi connectivity index (χ2n) is 4.02. The molecule has 0 aliphatic carbocycles. The fourth-order valence-electron chi connectivity index (χ4n) is 1.87. The van der Waals surface area contributed by atoms with E-state index in [2.05, 4.69) is 27.4 Å². The SMILES string of the molecule is CCc1nc(CN(C)C2CCNC2)no1.Cl. The standard InChI is InChI=1S/C10H18N4O.ClH/c1-3-10-12-9(13-15-10)7-14(2)8-4-5-11-6-8;/h8,11H,3-7H2,1-2H3;1H. The van der Waals surface area contributed by atoms with Crippen molar-refractivity contribution in [3.05, 3.63) is 11.7 Å². The van der Waals surface area contributed by atoms with Crippen molar-refractivity contribution in [1.82, 2.24) is 20.4 Å². The number of nitrogens with one attached hydrogen (secondary N) is 1. The predicted octanol–water partition coefficient (Wildman–Crippen LogP) is 0.847. The highest BCUT2D eigenvalue weighted by atomic mass is 35.5. The highest BCUT2D eigenvalue weighted by molar-refractivity contribution is 5.85. The van der Waals surface area contributed by atoms with Crippen molar-refractivity contribution in [2.45, 2.75) is 32.4 Å². The average molecular weight is 247 g/mol. The molecule has 6 heteroatoms. The second kappa shape index (κ2) is 6.18. The molecule has 2 heterocycles. The summed E-state index contributed by atoms with van der Waals surface area (Å²) in [6, 6.07) is 0.605. The summed E-state index contributed by atoms with van der Waals surface area (Å²) >= 11 is 0. The van der Waals surface area contributed by atoms with E-state index in [4.69, 9.17) is 4.52 Å². The van der Waals surface area contributed by atoms with E-state index in [9.17, 15) is 0 Å². The molecule has 0 radical (unpaired) electrons. The Morgan fingerprint density at radius 2 is 2.38 bits per heavy atom. The van der Waals surface area contributed by atoms with E-state index in [1.807, 2.05) is 6.92 Å². The summed E-state index contributed by atoms with van der Waals surface area (Å²) in [6.45, 7) is 4.97. The van der Waals surface area contributed by atoms with Gasteiger partial charge in [-0.25, -0.2) is 0 Å². The molecule has 0 amide bonds. The van der Waals surface area contributed by atoms with E-state index in [1.165, 1.54) is 6.42 Å². The highest BCUT2D eigenvalue weighted by Gasteiger charge is 2.20. The normalized spacial score (nSPS) is 20.1. The number of aromatic nitrogens is 2. The van der Waals surface area contributed by atoms with Crippen molar-refractivity contribution in [3.8, 4) is 0 Å². The minimum Gasteiger partial charge on any atom is -0.339 e. The molecule has 0 saturated carbocycles. The molecule has 1 aliphatic rings. The first-order chi connectivity index (χ1) is 7.29. The van der Waals surface area contributed by atoms with Crippen LogP contribution in [0.1, 0.15) is 25.1 Å². The van der Waals surface area contributed by atoms with Gasteiger partial charge in [-0.2, -0.15) is 4.98 Å². The average Bonchev–Trinajstić information content (AvgIpc) is 2.87. The van der Waals surface area contributed by atoms with Crippen molar-refractivity contribution in [3.63, 3.8) is 0 Å². The van der Waals surface area contributed by atoms with Crippen LogP contribution < -0.4 is 5.32 Å². The van der Waals surface area contributed by atoms with Crippen molar-refractivity contribution in [1.29, 1.82) is 0 Å². The molecule has 5 nitrogen and oxygen atoms in total. The van der Waals surface area contributed by atoms with E-state index in [-0.39, 0.29) is 12.4 Å². The van der Waals surface area contributed by atoms with Crippen LogP contribution in [-0.4, -0.2) is 41.2 Å². The molecule has 1 saturated heterocycles. The van der Waals surface area contributed by atoms with Crippen LogP contribution in [0.2, 0.25) is 0 Å². The topological polar surface area (TPSA) is 54.2 Å². The minimum atomic E-state index is 0. The summed E-state index contributed by atoms with van der Waals surface area (Å²) in [5.74, 6) is 1.52. The molecular formula is C10H19ClN4O. The Bertz CT molecular complexity index is 312. The largest absolute Gasteiger partial charge is 0.339 e. The number of hydrogen-bond acceptors (Lipinski definition) is 5. The third-order valence-corrected chi connectivity index (χ3v) is 2.86. The molecule has 16 heavy (non-hydrogen) atoms. The summed E-state index contributed by atoms with van der Waals surface area (Å²) in [6.07, 6.45) is 2.01. The molecule has 2 rings (SSSR count). The summed E-state index contributed by atoms with van der Waals surface area (Å²) in [7, 11) is 2.11. The fourth-order valence-corrected chi connectivity index (χ4v) is 1.87. The van der Waals surface area contributed by atoms with E-state index >= 15 is 0 Å². The predicted molar refractivity (Wildman–Crippen MR) is 63.7 cm³/mol. The third kappa shape index (κ3) is 3.17. The maximum Gasteiger partial charge on any atom is 0.226 e. The van der Waals surface area contributed by atoms with Crippen molar-refractivity contribution in [2.75, 3.05) is 20.1 Å². The number of halogens is 1. The molecule has 1 fully saturated rings. The zero-order valence-corrected chi connectivity index (χ0v) is 10.6. The van der Waals surface area contributed by atoms with E-state index in [0.29, 0.717) is 6.04 Å². The van der Waals surface area contributed by atoms with Gasteiger partial charge in [-0.15, -0.1) is 12.4 Å². The van der Waals surface area contributed by atoms with Crippen LogP contribution in [0, 0.1) is 0 Å². The van der Waals surface area contributed by atoms with E-state index < -0.39 is 0 Å². The van der Waals surface area contributed by atoms with Gasteiger partial charge in [-0.1, -0.05) is 12.1 Å². The van der Waals surface area contributed by atoms with Crippen LogP contribution in [0.5, 0.6) is 0 Å². The Hall–Kier alpha value is -0.650. The van der Waals surface area contributed by atoms with Gasteiger partial charge in [0.2, 0.25) is 5.89 Å². The highest BCUT2D eigenvalue weighted by Crippen LogP contribution is 2.09. The molecule has 92 valence electrons. The maximum atomic E-state index is 5.07. The Balaban J connectivity index is 0.00000128. The Morgan fingerprint density at radius 3 is 2.94 bits per heavy atom. The van der Waals surface area contributed by atoms with Gasteiger partial charge in [-0.3, -0.25) is 4.90 Å². The molecule has 1 unspecified atom stereocenters. The van der Waals surface area contributed by atoms with Gasteiger partial charge >= 0.3 is 0 Å². The van der Waals surface area contributed by atoms with Gasteiger partial charge in [-0.05, 0) is 20.0 Å². The zero-order chi connectivity index (χ0) is 10.7. The second-order valence-corrected chi connectivity index (χ2v) is 4.02. The summed E-state index contributed by atoms with van der Waals surface area (Å²) < 4.78 is 5.07. The van der Waals surface area contributed by atoms with Gasteiger partial charge < -0.3 is 9.84 Å². The quantitative estimate of drug-likeness (QED) is 0.854. The lowest BCUT2D eigenvalue weighted by Gasteiger charge is -2.21. The maximum absolute atomic E-state index is 5.07. The number of nitrogens with zero attached hydrogens (tertiary/aromatic N) is 3.